The van der Waals surface area contributed by atoms with Crippen LogP contribution in [0.3, 0.4) is 0 Å². The quantitative estimate of drug-likeness (QED) is 0.264. The van der Waals surface area contributed by atoms with Gasteiger partial charge in [-0.25, -0.2) is 0 Å². The number of hydrogen-bond donors (Lipinski definition) is 0. The first-order chi connectivity index (χ1) is 16.5. The number of rotatable bonds is 7. The molecule has 4 aromatic rings. The van der Waals surface area contributed by atoms with Crippen LogP contribution in [0.1, 0.15) is 76.0 Å². The van der Waals surface area contributed by atoms with Gasteiger partial charge in [0.2, 0.25) is 0 Å². The minimum atomic E-state index is 0.599. The molecule has 176 valence electrons. The van der Waals surface area contributed by atoms with Gasteiger partial charge in [-0.3, -0.25) is 0 Å². The molecule has 0 N–H and O–H groups in total. The minimum absolute atomic E-state index is 0.599. The van der Waals surface area contributed by atoms with E-state index in [-0.39, 0.29) is 0 Å². The Labute approximate surface area is 207 Å². The first-order valence-corrected chi connectivity index (χ1v) is 12.8. The zero-order valence-electron chi connectivity index (χ0n) is 21.6. The molecule has 0 nitrogen and oxygen atoms in total. The average Bonchev–Trinajstić information content (AvgIpc) is 2.88. The van der Waals surface area contributed by atoms with E-state index in [0.29, 0.717) is 11.8 Å². The first-order valence-electron chi connectivity index (χ1n) is 12.8. The molecule has 0 aliphatic heterocycles. The van der Waals surface area contributed by atoms with Gasteiger partial charge in [-0.15, -0.1) is 0 Å². The topological polar surface area (TPSA) is 0 Å². The summed E-state index contributed by atoms with van der Waals surface area (Å²) >= 11 is 0. The molecule has 0 aliphatic rings. The summed E-state index contributed by atoms with van der Waals surface area (Å²) in [5.74, 6) is 1.20. The molecule has 0 radical (unpaired) electrons. The Bertz CT molecular complexity index is 1050. The van der Waals surface area contributed by atoms with E-state index in [4.69, 9.17) is 0 Å². The molecule has 0 saturated carbocycles. The van der Waals surface area contributed by atoms with Gasteiger partial charge in [-0.2, -0.15) is 0 Å². The first kappa shape index (κ1) is 25.5. The molecule has 4 aromatic carbocycles. The van der Waals surface area contributed by atoms with E-state index in [9.17, 15) is 0 Å². The van der Waals surface area contributed by atoms with Gasteiger partial charge in [0.05, 0.1) is 0 Å². The van der Waals surface area contributed by atoms with Crippen molar-refractivity contribution < 1.29 is 0 Å². The molecule has 0 unspecified atom stereocenters. The summed E-state index contributed by atoms with van der Waals surface area (Å²) in [6, 6.07) is 37.2. The lowest BCUT2D eigenvalue weighted by molar-refractivity contribution is 0.796. The number of aryl methyl sites for hydroxylation is 1. The fraction of sp³-hybridized carbons (Fsp3) is 0.294. The van der Waals surface area contributed by atoms with E-state index in [2.05, 4.69) is 138 Å². The molecule has 0 saturated heterocycles. The molecule has 0 bridgehead atoms. The Hall–Kier alpha value is -3.12. The van der Waals surface area contributed by atoms with Crippen LogP contribution in [0.5, 0.6) is 0 Å². The van der Waals surface area contributed by atoms with Crippen molar-refractivity contribution >= 4 is 0 Å². The molecule has 0 spiro atoms. The predicted molar refractivity (Wildman–Crippen MR) is 151 cm³/mol. The van der Waals surface area contributed by atoms with Gasteiger partial charge in [0.15, 0.2) is 0 Å². The smallest absolute Gasteiger partial charge is 0.0152 e. The summed E-state index contributed by atoms with van der Waals surface area (Å²) in [5.41, 5.74) is 9.58. The largest absolute Gasteiger partial charge is 0.0654 e. The van der Waals surface area contributed by atoms with Crippen molar-refractivity contribution in [1.29, 1.82) is 0 Å². The SMILES string of the molecule is CC(C)c1ccc(-c2ccc(C(C)C)cc2)cc1.CCCCc1ccccc1-c1ccccc1. The van der Waals surface area contributed by atoms with E-state index in [1.54, 1.807) is 0 Å². The maximum Gasteiger partial charge on any atom is -0.0152 e. The lowest BCUT2D eigenvalue weighted by atomic mass is 9.96. The van der Waals surface area contributed by atoms with Crippen molar-refractivity contribution in [2.75, 3.05) is 0 Å². The molecule has 0 aromatic heterocycles. The Morgan fingerprint density at radius 2 is 0.971 bits per heavy atom. The number of benzene rings is 4. The van der Waals surface area contributed by atoms with Gasteiger partial charge >= 0.3 is 0 Å². The van der Waals surface area contributed by atoms with E-state index in [0.717, 1.165) is 0 Å². The van der Waals surface area contributed by atoms with Crippen LogP contribution in [0.15, 0.2) is 103 Å². The minimum Gasteiger partial charge on any atom is -0.0654 e. The number of unbranched alkanes of at least 4 members (excludes halogenated alkanes) is 1. The summed E-state index contributed by atoms with van der Waals surface area (Å²) in [6.07, 6.45) is 3.70. The molecule has 0 fully saturated rings. The zero-order valence-corrected chi connectivity index (χ0v) is 21.6. The Kier molecular flexibility index (Phi) is 9.71. The predicted octanol–water partition coefficient (Wildman–Crippen LogP) is 10.3. The van der Waals surface area contributed by atoms with Crippen molar-refractivity contribution in [2.45, 2.75) is 65.7 Å². The normalized spacial score (nSPS) is 10.8. The van der Waals surface area contributed by atoms with Gasteiger partial charge in [-0.1, -0.05) is 144 Å². The maximum atomic E-state index is 2.25. The second kappa shape index (κ2) is 12.9. The molecular weight excluding hydrogens is 408 g/mol. The monoisotopic (exact) mass is 448 g/mol. The molecule has 34 heavy (non-hydrogen) atoms. The van der Waals surface area contributed by atoms with Crippen molar-refractivity contribution in [2.24, 2.45) is 0 Å². The van der Waals surface area contributed by atoms with Crippen molar-refractivity contribution in [3.05, 3.63) is 120 Å². The van der Waals surface area contributed by atoms with Crippen LogP contribution in [0.4, 0.5) is 0 Å². The third-order valence-corrected chi connectivity index (χ3v) is 6.39. The third-order valence-electron chi connectivity index (χ3n) is 6.39. The molecule has 4 rings (SSSR count). The Morgan fingerprint density at radius 1 is 0.500 bits per heavy atom. The van der Waals surface area contributed by atoms with Crippen LogP contribution < -0.4 is 0 Å². The van der Waals surface area contributed by atoms with Crippen LogP contribution in [0.25, 0.3) is 22.3 Å². The Morgan fingerprint density at radius 3 is 1.44 bits per heavy atom. The van der Waals surface area contributed by atoms with Crippen molar-refractivity contribution in [3.8, 4) is 22.3 Å². The van der Waals surface area contributed by atoms with Crippen LogP contribution >= 0.6 is 0 Å². The highest BCUT2D eigenvalue weighted by Gasteiger charge is 2.04. The molecule has 0 heteroatoms. The van der Waals surface area contributed by atoms with Crippen LogP contribution in [-0.4, -0.2) is 0 Å². The molecule has 0 amide bonds. The van der Waals surface area contributed by atoms with E-state index < -0.39 is 0 Å². The van der Waals surface area contributed by atoms with E-state index in [1.165, 1.54) is 58.2 Å². The van der Waals surface area contributed by atoms with Gasteiger partial charge in [-0.05, 0) is 63.6 Å². The summed E-state index contributed by atoms with van der Waals surface area (Å²) < 4.78 is 0. The molecule has 0 aliphatic carbocycles. The fourth-order valence-electron chi connectivity index (χ4n) is 4.13. The highest BCUT2D eigenvalue weighted by Crippen LogP contribution is 2.25. The maximum absolute atomic E-state index is 2.25. The lowest BCUT2D eigenvalue weighted by Gasteiger charge is -2.09. The molecule has 0 heterocycles. The van der Waals surface area contributed by atoms with Crippen molar-refractivity contribution in [1.82, 2.24) is 0 Å². The fourth-order valence-corrected chi connectivity index (χ4v) is 4.13. The summed E-state index contributed by atoms with van der Waals surface area (Å²) in [6.45, 7) is 11.2. The second-order valence-electron chi connectivity index (χ2n) is 9.68. The van der Waals surface area contributed by atoms with Crippen LogP contribution in [0.2, 0.25) is 0 Å². The van der Waals surface area contributed by atoms with Gasteiger partial charge < -0.3 is 0 Å². The zero-order chi connectivity index (χ0) is 24.3. The van der Waals surface area contributed by atoms with E-state index >= 15 is 0 Å². The summed E-state index contributed by atoms with van der Waals surface area (Å²) in [4.78, 5) is 0. The molecule has 0 atom stereocenters. The Balaban J connectivity index is 0.000000192. The van der Waals surface area contributed by atoms with Gasteiger partial charge in [0.1, 0.15) is 0 Å². The van der Waals surface area contributed by atoms with Crippen LogP contribution in [0, 0.1) is 0 Å². The lowest BCUT2D eigenvalue weighted by Crippen LogP contribution is -1.89. The highest BCUT2D eigenvalue weighted by molar-refractivity contribution is 5.67. The number of hydrogen-bond acceptors (Lipinski definition) is 0. The summed E-state index contributed by atoms with van der Waals surface area (Å²) in [7, 11) is 0. The van der Waals surface area contributed by atoms with Crippen molar-refractivity contribution in [3.63, 3.8) is 0 Å². The average molecular weight is 449 g/mol. The second-order valence-corrected chi connectivity index (χ2v) is 9.68. The third kappa shape index (κ3) is 7.19. The van der Waals surface area contributed by atoms with E-state index in [1.807, 2.05) is 0 Å². The van der Waals surface area contributed by atoms with Gasteiger partial charge in [0.25, 0.3) is 0 Å². The highest BCUT2D eigenvalue weighted by atomic mass is 14.1. The standard InChI is InChI=1S/C18H22.C16H18/c1-13(2)15-5-9-17(10-6-15)18-11-7-16(8-12-18)14(3)4;1-2-3-9-14-12-7-8-13-16(14)15-10-5-4-6-11-15/h5-14H,1-4H3;4-8,10-13H,2-3,9H2,1H3. The van der Waals surface area contributed by atoms with Crippen LogP contribution in [-0.2, 0) is 6.42 Å². The summed E-state index contributed by atoms with van der Waals surface area (Å²) in [5, 5.41) is 0. The van der Waals surface area contributed by atoms with Gasteiger partial charge in [0, 0.05) is 0 Å². The molecular formula is C34H40.